The molecule has 0 aromatic heterocycles. The predicted molar refractivity (Wildman–Crippen MR) is 106 cm³/mol. The molecular formula is C21H34N3O2+. The first-order valence-electron chi connectivity index (χ1n) is 10.3. The summed E-state index contributed by atoms with van der Waals surface area (Å²) in [4.78, 5) is 14.9. The summed E-state index contributed by atoms with van der Waals surface area (Å²) in [7, 11) is 0. The van der Waals surface area contributed by atoms with Crippen LogP contribution in [0.15, 0.2) is 24.3 Å². The van der Waals surface area contributed by atoms with Gasteiger partial charge < -0.3 is 20.3 Å². The van der Waals surface area contributed by atoms with Gasteiger partial charge in [-0.15, -0.1) is 0 Å². The maximum atomic E-state index is 12.6. The number of hydrogen-bond donors (Lipinski definition) is 2. The van der Waals surface area contributed by atoms with Crippen molar-refractivity contribution in [2.75, 3.05) is 36.5 Å². The van der Waals surface area contributed by atoms with Gasteiger partial charge in [0.1, 0.15) is 0 Å². The molecule has 3 rings (SSSR count). The smallest absolute Gasteiger partial charge is 0.282 e. The minimum Gasteiger partial charge on any atom is -0.378 e. The first-order chi connectivity index (χ1) is 12.7. The highest BCUT2D eigenvalue weighted by Crippen LogP contribution is 2.19. The van der Waals surface area contributed by atoms with Gasteiger partial charge in [0.05, 0.1) is 19.3 Å². The lowest BCUT2D eigenvalue weighted by Crippen LogP contribution is -2.96. The first kappa shape index (κ1) is 19.2. The number of nitrogens with two attached hydrogens (primary N) is 1. The molecule has 3 N–H and O–H groups in total. The number of nitrogens with zero attached hydrogens (tertiary/aromatic N) is 1. The second-order valence-corrected chi connectivity index (χ2v) is 7.72. The second kappa shape index (κ2) is 9.93. The van der Waals surface area contributed by atoms with E-state index in [9.17, 15) is 4.79 Å². The number of benzene rings is 1. The standard InChI is InChI=1S/C21H33N3O2/c1-17(22-18-7-5-3-2-4-6-8-18)21(25)23-19-9-11-20(12-10-19)24-13-15-26-16-14-24/h9-12,17-18,22H,2-8,13-16H2,1H3,(H,23,25)/p+1/t17-/m0/s1. The molecule has 1 atom stereocenters. The van der Waals surface area contributed by atoms with E-state index in [4.69, 9.17) is 4.74 Å². The van der Waals surface area contributed by atoms with Gasteiger partial charge in [0, 0.05) is 24.5 Å². The zero-order chi connectivity index (χ0) is 18.2. The minimum atomic E-state index is -0.0432. The number of nitrogens with one attached hydrogen (secondary N) is 1. The predicted octanol–water partition coefficient (Wildman–Crippen LogP) is 2.53. The number of carbonyl (C=O) groups excluding carboxylic acids is 1. The molecule has 0 spiro atoms. The molecule has 1 heterocycles. The number of morpholine rings is 1. The van der Waals surface area contributed by atoms with Crippen LogP contribution < -0.4 is 15.5 Å². The Balaban J connectivity index is 1.48. The molecule has 1 aliphatic carbocycles. The molecule has 144 valence electrons. The van der Waals surface area contributed by atoms with E-state index in [-0.39, 0.29) is 11.9 Å². The largest absolute Gasteiger partial charge is 0.378 e. The van der Waals surface area contributed by atoms with Gasteiger partial charge in [-0.2, -0.15) is 0 Å². The van der Waals surface area contributed by atoms with Crippen LogP contribution in [0.3, 0.4) is 0 Å². The number of amides is 1. The van der Waals surface area contributed by atoms with Crippen LogP contribution in [0.4, 0.5) is 11.4 Å². The van der Waals surface area contributed by atoms with Gasteiger partial charge in [0.15, 0.2) is 6.04 Å². The average molecular weight is 361 g/mol. The Morgan fingerprint density at radius 3 is 2.35 bits per heavy atom. The first-order valence-corrected chi connectivity index (χ1v) is 10.3. The van der Waals surface area contributed by atoms with Crippen LogP contribution in [0, 0.1) is 0 Å². The Hall–Kier alpha value is -1.59. The average Bonchev–Trinajstić information content (AvgIpc) is 2.65. The molecule has 1 aliphatic heterocycles. The van der Waals surface area contributed by atoms with Crippen LogP contribution >= 0.6 is 0 Å². The van der Waals surface area contributed by atoms with Gasteiger partial charge in [-0.05, 0) is 56.9 Å². The topological polar surface area (TPSA) is 58.2 Å². The SMILES string of the molecule is C[C@H]([NH2+]C1CCCCCCC1)C(=O)Nc1ccc(N2CCOCC2)cc1. The normalized spacial score (nSPS) is 20.9. The highest BCUT2D eigenvalue weighted by molar-refractivity contribution is 5.93. The Kier molecular flexibility index (Phi) is 7.32. The molecule has 1 aromatic carbocycles. The van der Waals surface area contributed by atoms with Crippen molar-refractivity contribution in [3.05, 3.63) is 24.3 Å². The molecule has 0 bridgehead atoms. The van der Waals surface area contributed by atoms with Gasteiger partial charge >= 0.3 is 0 Å². The fraction of sp³-hybridized carbons (Fsp3) is 0.667. The zero-order valence-corrected chi connectivity index (χ0v) is 16.1. The van der Waals surface area contributed by atoms with Gasteiger partial charge in [0.25, 0.3) is 5.91 Å². The Morgan fingerprint density at radius 2 is 1.69 bits per heavy atom. The van der Waals surface area contributed by atoms with Crippen LogP contribution in [0.25, 0.3) is 0 Å². The van der Waals surface area contributed by atoms with Gasteiger partial charge in [-0.1, -0.05) is 19.3 Å². The minimum absolute atomic E-state index is 0.0432. The van der Waals surface area contributed by atoms with Crippen molar-refractivity contribution in [3.8, 4) is 0 Å². The summed E-state index contributed by atoms with van der Waals surface area (Å²) in [6.07, 6.45) is 9.17. The lowest BCUT2D eigenvalue weighted by atomic mass is 9.96. The van der Waals surface area contributed by atoms with Crippen LogP contribution in [0.2, 0.25) is 0 Å². The van der Waals surface area contributed by atoms with E-state index in [1.807, 2.05) is 19.1 Å². The third-order valence-corrected chi connectivity index (χ3v) is 5.64. The molecule has 1 saturated heterocycles. The molecule has 5 heteroatoms. The summed E-state index contributed by atoms with van der Waals surface area (Å²) in [6, 6.07) is 8.74. The molecule has 2 fully saturated rings. The Bertz CT molecular complexity index is 547. The van der Waals surface area contributed by atoms with Crippen molar-refractivity contribution in [3.63, 3.8) is 0 Å². The van der Waals surface area contributed by atoms with E-state index in [0.29, 0.717) is 6.04 Å². The fourth-order valence-corrected chi connectivity index (χ4v) is 4.01. The van der Waals surface area contributed by atoms with Gasteiger partial charge in [-0.3, -0.25) is 4.79 Å². The maximum absolute atomic E-state index is 12.6. The molecule has 5 nitrogen and oxygen atoms in total. The maximum Gasteiger partial charge on any atom is 0.282 e. The van der Waals surface area contributed by atoms with Crippen molar-refractivity contribution >= 4 is 17.3 Å². The van der Waals surface area contributed by atoms with E-state index in [1.165, 1.54) is 50.6 Å². The summed E-state index contributed by atoms with van der Waals surface area (Å²) < 4.78 is 5.40. The third-order valence-electron chi connectivity index (χ3n) is 5.64. The number of anilines is 2. The van der Waals surface area contributed by atoms with E-state index in [1.54, 1.807) is 0 Å². The Labute approximate surface area is 157 Å². The van der Waals surface area contributed by atoms with Crippen molar-refractivity contribution < 1.29 is 14.8 Å². The lowest BCUT2D eigenvalue weighted by molar-refractivity contribution is -0.707. The molecule has 0 unspecified atom stereocenters. The van der Waals surface area contributed by atoms with E-state index in [0.717, 1.165) is 32.0 Å². The number of hydrogen-bond acceptors (Lipinski definition) is 3. The summed E-state index contributed by atoms with van der Waals surface area (Å²) in [5.74, 6) is 0.103. The van der Waals surface area contributed by atoms with Gasteiger partial charge in [0.2, 0.25) is 0 Å². The highest BCUT2D eigenvalue weighted by atomic mass is 16.5. The zero-order valence-electron chi connectivity index (χ0n) is 16.1. The highest BCUT2D eigenvalue weighted by Gasteiger charge is 2.22. The summed E-state index contributed by atoms with van der Waals surface area (Å²) in [5, 5.41) is 5.36. The molecule has 2 aliphatic rings. The molecule has 1 amide bonds. The number of rotatable bonds is 5. The van der Waals surface area contributed by atoms with Crippen LogP contribution in [-0.4, -0.2) is 44.3 Å². The number of carbonyl (C=O) groups is 1. The van der Waals surface area contributed by atoms with E-state index >= 15 is 0 Å². The lowest BCUT2D eigenvalue weighted by Gasteiger charge is -2.29. The van der Waals surface area contributed by atoms with Gasteiger partial charge in [-0.25, -0.2) is 0 Å². The fourth-order valence-electron chi connectivity index (χ4n) is 4.01. The van der Waals surface area contributed by atoms with Crippen LogP contribution in [0.5, 0.6) is 0 Å². The number of quaternary nitrogens is 1. The van der Waals surface area contributed by atoms with Crippen LogP contribution in [0.1, 0.15) is 51.9 Å². The van der Waals surface area contributed by atoms with Crippen molar-refractivity contribution in [1.29, 1.82) is 0 Å². The monoisotopic (exact) mass is 360 g/mol. The number of ether oxygens (including phenoxy) is 1. The van der Waals surface area contributed by atoms with Crippen molar-refractivity contribution in [2.24, 2.45) is 0 Å². The second-order valence-electron chi connectivity index (χ2n) is 7.72. The van der Waals surface area contributed by atoms with E-state index < -0.39 is 0 Å². The molecule has 0 radical (unpaired) electrons. The molecular weight excluding hydrogens is 326 g/mol. The van der Waals surface area contributed by atoms with Crippen LogP contribution in [-0.2, 0) is 9.53 Å². The molecule has 1 saturated carbocycles. The third kappa shape index (κ3) is 5.71. The summed E-state index contributed by atoms with van der Waals surface area (Å²) >= 11 is 0. The van der Waals surface area contributed by atoms with E-state index in [2.05, 4.69) is 27.7 Å². The van der Waals surface area contributed by atoms with Crippen molar-refractivity contribution in [2.45, 2.75) is 64.0 Å². The summed E-state index contributed by atoms with van der Waals surface area (Å²) in [6.45, 7) is 5.45. The van der Waals surface area contributed by atoms with Crippen molar-refractivity contribution in [1.82, 2.24) is 0 Å². The Morgan fingerprint density at radius 1 is 1.08 bits per heavy atom. The molecule has 26 heavy (non-hydrogen) atoms. The molecule has 1 aromatic rings. The summed E-state index contributed by atoms with van der Waals surface area (Å²) in [5.41, 5.74) is 2.07. The quantitative estimate of drug-likeness (QED) is 0.848.